The first kappa shape index (κ1) is 15.9. The predicted molar refractivity (Wildman–Crippen MR) is 80.6 cm³/mol. The van der Waals surface area contributed by atoms with Crippen LogP contribution in [-0.2, 0) is 6.54 Å². The number of carbonyl (C=O) groups is 1. The minimum absolute atomic E-state index is 0.155. The van der Waals surface area contributed by atoms with E-state index in [-0.39, 0.29) is 17.4 Å². The lowest BCUT2D eigenvalue weighted by Gasteiger charge is -2.10. The van der Waals surface area contributed by atoms with Gasteiger partial charge in [0.05, 0.1) is 0 Å². The molecule has 0 saturated heterocycles. The lowest BCUT2D eigenvalue weighted by atomic mass is 10.2. The predicted octanol–water partition coefficient (Wildman–Crippen LogP) is 1.87. The number of hydrogen-bond donors (Lipinski definition) is 1. The van der Waals surface area contributed by atoms with Gasteiger partial charge in [0.1, 0.15) is 6.04 Å². The molecule has 0 spiro atoms. The molecular weight excluding hydrogens is 284 g/mol. The van der Waals surface area contributed by atoms with E-state index in [0.717, 1.165) is 0 Å². The Balaban J connectivity index is 2.10. The van der Waals surface area contributed by atoms with Crippen molar-refractivity contribution in [1.82, 2.24) is 20.0 Å². The largest absolute Gasteiger partial charge is 0.341 e. The summed E-state index contributed by atoms with van der Waals surface area (Å²) in [6.45, 7) is 8.10. The average molecular weight is 304 g/mol. The third-order valence-corrected chi connectivity index (χ3v) is 3.29. The van der Waals surface area contributed by atoms with Crippen LogP contribution in [0, 0.1) is 0 Å². The van der Waals surface area contributed by atoms with Gasteiger partial charge in [-0.15, -0.1) is 0 Å². The molecule has 7 nitrogen and oxygen atoms in total. The van der Waals surface area contributed by atoms with Crippen molar-refractivity contribution < 1.29 is 9.32 Å². The minimum atomic E-state index is -0.430. The van der Waals surface area contributed by atoms with E-state index in [4.69, 9.17) is 4.52 Å². The number of nitrogens with one attached hydrogen (secondary N) is 1. The summed E-state index contributed by atoms with van der Waals surface area (Å²) >= 11 is 0. The number of amides is 1. The van der Waals surface area contributed by atoms with E-state index in [9.17, 15) is 9.59 Å². The van der Waals surface area contributed by atoms with Gasteiger partial charge in [-0.2, -0.15) is 4.98 Å². The van der Waals surface area contributed by atoms with Crippen molar-refractivity contribution in [2.45, 2.75) is 46.2 Å². The molecule has 0 unspecified atom stereocenters. The maximum atomic E-state index is 12.2. The Bertz CT molecular complexity index is 718. The molecule has 22 heavy (non-hydrogen) atoms. The molecule has 0 saturated carbocycles. The van der Waals surface area contributed by atoms with E-state index < -0.39 is 6.04 Å². The summed E-state index contributed by atoms with van der Waals surface area (Å²) in [7, 11) is 0. The molecule has 7 heteroatoms. The number of rotatable bonds is 5. The normalized spacial score (nSPS) is 12.4. The molecule has 0 aliphatic rings. The Labute approximate surface area is 128 Å². The van der Waals surface area contributed by atoms with Crippen LogP contribution in [0.3, 0.4) is 0 Å². The number of carbonyl (C=O) groups excluding carboxylic acids is 1. The van der Waals surface area contributed by atoms with Gasteiger partial charge >= 0.3 is 0 Å². The lowest BCUT2D eigenvalue weighted by Crippen LogP contribution is -2.29. The molecule has 0 radical (unpaired) electrons. The van der Waals surface area contributed by atoms with Crippen LogP contribution in [0.2, 0.25) is 0 Å². The third kappa shape index (κ3) is 3.41. The monoisotopic (exact) mass is 304 g/mol. The van der Waals surface area contributed by atoms with E-state index in [2.05, 4.69) is 15.5 Å². The molecule has 2 heterocycles. The van der Waals surface area contributed by atoms with Gasteiger partial charge in [0, 0.05) is 30.3 Å². The number of nitrogens with zero attached hydrogens (tertiary/aromatic N) is 3. The molecule has 0 fully saturated rings. The highest BCUT2D eigenvalue weighted by Crippen LogP contribution is 2.15. The Morgan fingerprint density at radius 3 is 2.68 bits per heavy atom. The van der Waals surface area contributed by atoms with Crippen molar-refractivity contribution in [3.63, 3.8) is 0 Å². The Kier molecular flexibility index (Phi) is 4.75. The first-order valence-corrected chi connectivity index (χ1v) is 7.27. The van der Waals surface area contributed by atoms with Crippen LogP contribution >= 0.6 is 0 Å². The van der Waals surface area contributed by atoms with Gasteiger partial charge in [-0.25, -0.2) is 0 Å². The minimum Gasteiger partial charge on any atom is -0.341 e. The molecule has 1 amide bonds. The van der Waals surface area contributed by atoms with Crippen LogP contribution in [0.15, 0.2) is 27.6 Å². The molecule has 0 bridgehead atoms. The maximum Gasteiger partial charge on any atom is 0.252 e. The van der Waals surface area contributed by atoms with Gasteiger partial charge in [0.25, 0.3) is 11.5 Å². The Morgan fingerprint density at radius 1 is 1.41 bits per heavy atom. The molecule has 2 aromatic heterocycles. The highest BCUT2D eigenvalue weighted by atomic mass is 16.5. The fraction of sp³-hybridized carbons (Fsp3) is 0.467. The van der Waals surface area contributed by atoms with Crippen molar-refractivity contribution >= 4 is 5.91 Å². The maximum absolute atomic E-state index is 12.2. The van der Waals surface area contributed by atoms with E-state index in [1.54, 1.807) is 19.2 Å². The molecule has 2 rings (SSSR count). The quantitative estimate of drug-likeness (QED) is 0.910. The highest BCUT2D eigenvalue weighted by Gasteiger charge is 2.18. The first-order chi connectivity index (χ1) is 10.4. The number of aryl methyl sites for hydroxylation is 1. The van der Waals surface area contributed by atoms with Crippen molar-refractivity contribution in [2.75, 3.05) is 0 Å². The molecule has 0 aliphatic carbocycles. The van der Waals surface area contributed by atoms with Gasteiger partial charge in [-0.3, -0.25) is 9.59 Å². The van der Waals surface area contributed by atoms with Gasteiger partial charge in [-0.05, 0) is 19.9 Å². The number of hydrogen-bond acceptors (Lipinski definition) is 5. The summed E-state index contributed by atoms with van der Waals surface area (Å²) < 4.78 is 6.66. The lowest BCUT2D eigenvalue weighted by molar-refractivity contribution is 0.0932. The van der Waals surface area contributed by atoms with Crippen molar-refractivity contribution in [3.8, 4) is 0 Å². The fourth-order valence-electron chi connectivity index (χ4n) is 1.91. The van der Waals surface area contributed by atoms with Crippen molar-refractivity contribution in [3.05, 3.63) is 46.0 Å². The van der Waals surface area contributed by atoms with Crippen LogP contribution in [0.1, 0.15) is 61.7 Å². The van der Waals surface area contributed by atoms with E-state index in [1.165, 1.54) is 10.6 Å². The Morgan fingerprint density at radius 2 is 2.14 bits per heavy atom. The van der Waals surface area contributed by atoms with Crippen LogP contribution in [-0.4, -0.2) is 20.6 Å². The Hall–Kier alpha value is -2.44. The van der Waals surface area contributed by atoms with Crippen LogP contribution in [0.4, 0.5) is 0 Å². The second kappa shape index (κ2) is 6.55. The molecule has 2 aromatic rings. The zero-order valence-corrected chi connectivity index (χ0v) is 13.2. The van der Waals surface area contributed by atoms with Crippen molar-refractivity contribution in [2.24, 2.45) is 0 Å². The second-order valence-corrected chi connectivity index (χ2v) is 5.38. The van der Waals surface area contributed by atoms with E-state index in [1.807, 2.05) is 20.8 Å². The average Bonchev–Trinajstić information content (AvgIpc) is 2.97. The van der Waals surface area contributed by atoms with Crippen LogP contribution in [0.25, 0.3) is 0 Å². The molecule has 1 N–H and O–H groups in total. The molecule has 1 atom stereocenters. The summed E-state index contributed by atoms with van der Waals surface area (Å²) in [5, 5.41) is 6.61. The van der Waals surface area contributed by atoms with Crippen LogP contribution < -0.4 is 10.9 Å². The summed E-state index contributed by atoms with van der Waals surface area (Å²) in [4.78, 5) is 28.2. The summed E-state index contributed by atoms with van der Waals surface area (Å²) in [6, 6.07) is 2.50. The highest BCUT2D eigenvalue weighted by molar-refractivity contribution is 5.94. The topological polar surface area (TPSA) is 90.0 Å². The summed E-state index contributed by atoms with van der Waals surface area (Å²) in [5.74, 6) is 0.750. The van der Waals surface area contributed by atoms with Crippen LogP contribution in [0.5, 0.6) is 0 Å². The smallest absolute Gasteiger partial charge is 0.252 e. The third-order valence-electron chi connectivity index (χ3n) is 3.29. The SMILES string of the molecule is CCn1ccc(C(=O)N[C@@H](C)c2nc(C(C)C)no2)cc1=O. The zero-order chi connectivity index (χ0) is 16.3. The van der Waals surface area contributed by atoms with Gasteiger partial charge < -0.3 is 14.4 Å². The number of aromatic nitrogens is 3. The molecule has 118 valence electrons. The fourth-order valence-corrected chi connectivity index (χ4v) is 1.91. The molecular formula is C15H20N4O3. The molecule has 0 aromatic carbocycles. The van der Waals surface area contributed by atoms with Gasteiger partial charge in [0.15, 0.2) is 5.82 Å². The number of pyridine rings is 1. The summed E-state index contributed by atoms with van der Waals surface area (Å²) in [5.41, 5.74) is 0.104. The summed E-state index contributed by atoms with van der Waals surface area (Å²) in [6.07, 6.45) is 1.60. The zero-order valence-electron chi connectivity index (χ0n) is 13.2. The van der Waals surface area contributed by atoms with Gasteiger partial charge in [-0.1, -0.05) is 19.0 Å². The van der Waals surface area contributed by atoms with Crippen molar-refractivity contribution in [1.29, 1.82) is 0 Å². The van der Waals surface area contributed by atoms with Gasteiger partial charge in [0.2, 0.25) is 5.89 Å². The van der Waals surface area contributed by atoms with E-state index in [0.29, 0.717) is 23.8 Å². The first-order valence-electron chi connectivity index (χ1n) is 7.27. The molecule has 0 aliphatic heterocycles. The second-order valence-electron chi connectivity index (χ2n) is 5.38. The van der Waals surface area contributed by atoms with E-state index >= 15 is 0 Å². The standard InChI is InChI=1S/C15H20N4O3/c1-5-19-7-6-11(8-12(19)20)14(21)16-10(4)15-17-13(9(2)3)18-22-15/h6-10H,5H2,1-4H3,(H,16,21)/t10-/m0/s1.